The van der Waals surface area contributed by atoms with Gasteiger partial charge in [0.15, 0.2) is 6.10 Å². The highest BCUT2D eigenvalue weighted by Gasteiger charge is 2.49. The fourth-order valence-corrected chi connectivity index (χ4v) is 0.995. The molecule has 1 aliphatic rings. The molecule has 1 saturated heterocycles. The predicted octanol–water partition coefficient (Wildman–Crippen LogP) is -2.61. The van der Waals surface area contributed by atoms with Gasteiger partial charge in [0.1, 0.15) is 12.2 Å². The Labute approximate surface area is 69.0 Å². The highest BCUT2D eigenvalue weighted by atomic mass is 16.8. The average molecular weight is 180 g/mol. The quantitative estimate of drug-likeness (QED) is 0.330. The van der Waals surface area contributed by atoms with Gasteiger partial charge in [0.2, 0.25) is 0 Å². The summed E-state index contributed by atoms with van der Waals surface area (Å²) in [5.74, 6) is -2.22. The molecular weight excluding hydrogens is 168 g/mol. The maximum absolute atomic E-state index is 9.27. The molecule has 72 valence electrons. The third-order valence-corrected chi connectivity index (χ3v) is 1.84. The van der Waals surface area contributed by atoms with Crippen LogP contribution in [0.2, 0.25) is 0 Å². The van der Waals surface area contributed by atoms with Crippen LogP contribution in [-0.2, 0) is 9.47 Å². The summed E-state index contributed by atoms with van der Waals surface area (Å²) in [6.07, 6.45) is -4.36. The molecule has 4 N–H and O–H groups in total. The molecule has 0 bridgehead atoms. The lowest BCUT2D eigenvalue weighted by molar-refractivity contribution is -0.423. The molecule has 6 heteroatoms. The van der Waals surface area contributed by atoms with Crippen molar-refractivity contribution < 1.29 is 29.9 Å². The number of hydrogen-bond donors (Lipinski definition) is 4. The van der Waals surface area contributed by atoms with Crippen molar-refractivity contribution in [2.45, 2.75) is 24.3 Å². The fraction of sp³-hybridized carbons (Fsp3) is 1.00. The monoisotopic (exact) mass is 180 g/mol. The Morgan fingerprint density at radius 3 is 2.50 bits per heavy atom. The molecule has 4 atom stereocenters. The summed E-state index contributed by atoms with van der Waals surface area (Å²) in [5.41, 5.74) is 0. The Morgan fingerprint density at radius 1 is 1.42 bits per heavy atom. The Morgan fingerprint density at radius 2 is 2.00 bits per heavy atom. The largest absolute Gasteiger partial charge is 0.388 e. The van der Waals surface area contributed by atoms with Gasteiger partial charge in [0.05, 0.1) is 6.61 Å². The first-order valence-corrected chi connectivity index (χ1v) is 3.47. The third-order valence-electron chi connectivity index (χ3n) is 1.84. The summed E-state index contributed by atoms with van der Waals surface area (Å²) in [6.45, 7) is -0.289. The van der Waals surface area contributed by atoms with Gasteiger partial charge < -0.3 is 29.9 Å². The molecular formula is C6H12O6. The molecule has 1 fully saturated rings. The van der Waals surface area contributed by atoms with Gasteiger partial charge in [0, 0.05) is 7.11 Å². The number of ether oxygens (including phenoxy) is 2. The van der Waals surface area contributed by atoms with E-state index in [0.717, 1.165) is 7.11 Å². The van der Waals surface area contributed by atoms with Gasteiger partial charge in [-0.05, 0) is 0 Å². The number of methoxy groups -OCH3 is 1. The smallest absolute Gasteiger partial charge is 0.310 e. The van der Waals surface area contributed by atoms with Crippen molar-refractivity contribution in [1.29, 1.82) is 0 Å². The SMILES string of the molecule is CO[C@@]1(O)OC[C@H](O)[C@H](O)[C@H]1O. The third kappa shape index (κ3) is 1.45. The summed E-state index contributed by atoms with van der Waals surface area (Å²) in [7, 11) is 1.12. The first-order chi connectivity index (χ1) is 5.51. The van der Waals surface area contributed by atoms with Crippen LogP contribution in [0.5, 0.6) is 0 Å². The first kappa shape index (κ1) is 9.85. The van der Waals surface area contributed by atoms with Crippen LogP contribution in [0.25, 0.3) is 0 Å². The highest BCUT2D eigenvalue weighted by molar-refractivity contribution is 4.86. The minimum atomic E-state index is -2.22. The zero-order chi connectivity index (χ0) is 9.35. The lowest BCUT2D eigenvalue weighted by Gasteiger charge is -2.39. The van der Waals surface area contributed by atoms with Crippen molar-refractivity contribution in [2.24, 2.45) is 0 Å². The van der Waals surface area contributed by atoms with E-state index in [1.807, 2.05) is 0 Å². The van der Waals surface area contributed by atoms with Gasteiger partial charge >= 0.3 is 5.97 Å². The zero-order valence-electron chi connectivity index (χ0n) is 6.54. The van der Waals surface area contributed by atoms with Crippen LogP contribution < -0.4 is 0 Å². The molecule has 1 aliphatic heterocycles. The molecule has 0 radical (unpaired) electrons. The van der Waals surface area contributed by atoms with Crippen LogP contribution >= 0.6 is 0 Å². The lowest BCUT2D eigenvalue weighted by Crippen LogP contribution is -2.61. The topological polar surface area (TPSA) is 99.4 Å². The van der Waals surface area contributed by atoms with E-state index in [1.165, 1.54) is 0 Å². The van der Waals surface area contributed by atoms with Crippen molar-refractivity contribution in [2.75, 3.05) is 13.7 Å². The molecule has 0 spiro atoms. The molecule has 0 aromatic rings. The van der Waals surface area contributed by atoms with E-state index in [9.17, 15) is 5.11 Å². The molecule has 12 heavy (non-hydrogen) atoms. The molecule has 6 nitrogen and oxygen atoms in total. The molecule has 0 amide bonds. The Hall–Kier alpha value is -0.240. The van der Waals surface area contributed by atoms with Gasteiger partial charge in [-0.1, -0.05) is 0 Å². The van der Waals surface area contributed by atoms with Crippen molar-refractivity contribution in [1.82, 2.24) is 0 Å². The average Bonchev–Trinajstić information content (AvgIpc) is 2.09. The molecule has 1 rings (SSSR count). The fourth-order valence-electron chi connectivity index (χ4n) is 0.995. The maximum atomic E-state index is 9.27. The summed E-state index contributed by atoms with van der Waals surface area (Å²) in [6, 6.07) is 0. The van der Waals surface area contributed by atoms with Crippen LogP contribution in [0.15, 0.2) is 0 Å². The van der Waals surface area contributed by atoms with Gasteiger partial charge in [0.25, 0.3) is 0 Å². The lowest BCUT2D eigenvalue weighted by atomic mass is 10.0. The second-order valence-corrected chi connectivity index (χ2v) is 2.65. The van der Waals surface area contributed by atoms with E-state index in [4.69, 9.17) is 15.3 Å². The molecule has 0 aromatic heterocycles. The van der Waals surface area contributed by atoms with E-state index in [1.54, 1.807) is 0 Å². The van der Waals surface area contributed by atoms with Gasteiger partial charge in [-0.15, -0.1) is 0 Å². The van der Waals surface area contributed by atoms with Crippen molar-refractivity contribution in [3.8, 4) is 0 Å². The van der Waals surface area contributed by atoms with Crippen LogP contribution in [0.1, 0.15) is 0 Å². The summed E-state index contributed by atoms with van der Waals surface area (Å²) >= 11 is 0. The standard InChI is InChI=1S/C6H12O6/c1-11-6(10)5(9)4(8)3(7)2-12-6/h3-5,7-10H,2H2,1H3/t3-,4-,5+,6+/m0/s1. The molecule has 0 saturated carbocycles. The molecule has 1 heterocycles. The van der Waals surface area contributed by atoms with Crippen LogP contribution in [0.4, 0.5) is 0 Å². The van der Waals surface area contributed by atoms with E-state index in [2.05, 4.69) is 9.47 Å². The zero-order valence-corrected chi connectivity index (χ0v) is 6.54. The second kappa shape index (κ2) is 3.25. The number of aliphatic hydroxyl groups excluding tert-OH is 3. The maximum Gasteiger partial charge on any atom is 0.310 e. The number of aliphatic hydroxyl groups is 4. The summed E-state index contributed by atoms with van der Waals surface area (Å²) < 4.78 is 9.00. The van der Waals surface area contributed by atoms with Crippen molar-refractivity contribution >= 4 is 0 Å². The highest BCUT2D eigenvalue weighted by Crippen LogP contribution is 2.23. The van der Waals surface area contributed by atoms with Gasteiger partial charge in [-0.2, -0.15) is 0 Å². The summed E-state index contributed by atoms with van der Waals surface area (Å²) in [4.78, 5) is 0. The van der Waals surface area contributed by atoms with E-state index in [0.29, 0.717) is 0 Å². The first-order valence-electron chi connectivity index (χ1n) is 3.47. The summed E-state index contributed by atoms with van der Waals surface area (Å²) in [5, 5.41) is 36.5. The normalized spacial score (nSPS) is 49.2. The van der Waals surface area contributed by atoms with Crippen LogP contribution in [-0.4, -0.2) is 58.4 Å². The predicted molar refractivity (Wildman–Crippen MR) is 35.9 cm³/mol. The Balaban J connectivity index is 2.71. The Kier molecular flexibility index (Phi) is 2.67. The minimum Gasteiger partial charge on any atom is -0.388 e. The van der Waals surface area contributed by atoms with E-state index in [-0.39, 0.29) is 6.61 Å². The molecule has 0 unspecified atom stereocenters. The van der Waals surface area contributed by atoms with Gasteiger partial charge in [-0.3, -0.25) is 0 Å². The minimum absolute atomic E-state index is 0.289. The number of hydrogen-bond acceptors (Lipinski definition) is 6. The number of rotatable bonds is 1. The van der Waals surface area contributed by atoms with E-state index < -0.39 is 24.3 Å². The van der Waals surface area contributed by atoms with Crippen molar-refractivity contribution in [3.63, 3.8) is 0 Å². The second-order valence-electron chi connectivity index (χ2n) is 2.65. The molecule has 0 aromatic carbocycles. The van der Waals surface area contributed by atoms with Crippen molar-refractivity contribution in [3.05, 3.63) is 0 Å². The van der Waals surface area contributed by atoms with E-state index >= 15 is 0 Å². The molecule has 0 aliphatic carbocycles. The van der Waals surface area contributed by atoms with Crippen LogP contribution in [0, 0.1) is 0 Å². The Bertz CT molecular complexity index is 162. The van der Waals surface area contributed by atoms with Gasteiger partial charge in [-0.25, -0.2) is 0 Å². The van der Waals surface area contributed by atoms with Crippen LogP contribution in [0.3, 0.4) is 0 Å².